The Kier molecular flexibility index (Phi) is 9.98. The number of carbonyl (C=O) groups excluding carboxylic acids is 2. The van der Waals surface area contributed by atoms with Gasteiger partial charge < -0.3 is 18.9 Å². The summed E-state index contributed by atoms with van der Waals surface area (Å²) in [5.41, 5.74) is 3.28. The second-order valence-corrected chi connectivity index (χ2v) is 7.85. The molecule has 0 aliphatic rings. The Labute approximate surface area is 237 Å². The van der Waals surface area contributed by atoms with Crippen LogP contribution in [0.15, 0.2) is 52.7 Å². The van der Waals surface area contributed by atoms with Gasteiger partial charge in [0.2, 0.25) is 0 Å². The maximum atomic E-state index is 12.6. The minimum absolute atomic E-state index is 0.0200. The topological polar surface area (TPSA) is 219 Å². The molecule has 2 amide bonds. The average Bonchev–Trinajstić information content (AvgIpc) is 2.99. The molecule has 2 aromatic carbocycles. The number of nitrogens with zero attached hydrogens (tertiary/aromatic N) is 5. The summed E-state index contributed by atoms with van der Waals surface area (Å²) in [4.78, 5) is 50.6. The lowest BCUT2D eigenvalue weighted by Crippen LogP contribution is -2.23. The highest BCUT2D eigenvalue weighted by molar-refractivity contribution is 5.97. The van der Waals surface area contributed by atoms with Crippen molar-refractivity contribution in [2.24, 2.45) is 10.2 Å². The van der Waals surface area contributed by atoms with E-state index in [0.29, 0.717) is 0 Å². The Hall–Kier alpha value is -6.13. The first-order valence-electron chi connectivity index (χ1n) is 11.6. The smallest absolute Gasteiger partial charge is 0.289 e. The first-order chi connectivity index (χ1) is 20.1. The number of aromatic nitrogens is 1. The monoisotopic (exact) mass is 581 g/mol. The number of hydrazone groups is 2. The van der Waals surface area contributed by atoms with Gasteiger partial charge in [-0.15, -0.1) is 0 Å². The van der Waals surface area contributed by atoms with Crippen LogP contribution >= 0.6 is 0 Å². The van der Waals surface area contributed by atoms with Crippen molar-refractivity contribution in [3.05, 3.63) is 85.2 Å². The molecule has 3 rings (SSSR count). The van der Waals surface area contributed by atoms with Gasteiger partial charge in [0.15, 0.2) is 23.0 Å². The fourth-order valence-corrected chi connectivity index (χ4v) is 3.41. The second kappa shape index (κ2) is 13.8. The van der Waals surface area contributed by atoms with Crippen LogP contribution in [0.1, 0.15) is 32.1 Å². The highest BCUT2D eigenvalue weighted by Gasteiger charge is 2.20. The van der Waals surface area contributed by atoms with E-state index in [2.05, 4.69) is 26.0 Å². The van der Waals surface area contributed by atoms with Crippen LogP contribution in [0.2, 0.25) is 0 Å². The number of nitro benzene ring substituents is 2. The predicted octanol–water partition coefficient (Wildman–Crippen LogP) is 2.46. The van der Waals surface area contributed by atoms with E-state index in [9.17, 15) is 29.8 Å². The zero-order valence-electron chi connectivity index (χ0n) is 22.5. The molecule has 42 heavy (non-hydrogen) atoms. The van der Waals surface area contributed by atoms with E-state index in [1.807, 2.05) is 0 Å². The summed E-state index contributed by atoms with van der Waals surface area (Å²) in [5, 5.41) is 30.3. The number of nitrogens with one attached hydrogen (secondary N) is 2. The van der Waals surface area contributed by atoms with E-state index in [1.165, 1.54) is 58.8 Å². The van der Waals surface area contributed by atoms with Gasteiger partial charge in [-0.25, -0.2) is 15.8 Å². The number of nitro groups is 2. The fraction of sp³-hybridized carbons (Fsp3) is 0.160. The Balaban J connectivity index is 1.73. The van der Waals surface area contributed by atoms with Crippen molar-refractivity contribution in [1.82, 2.24) is 15.8 Å². The third-order valence-corrected chi connectivity index (χ3v) is 5.41. The van der Waals surface area contributed by atoms with Crippen LogP contribution in [0.25, 0.3) is 0 Å². The van der Waals surface area contributed by atoms with Crippen LogP contribution in [0.5, 0.6) is 23.0 Å². The molecule has 0 unspecified atom stereocenters. The molecule has 1 heterocycles. The maximum Gasteiger partial charge on any atom is 0.289 e. The highest BCUT2D eigenvalue weighted by atomic mass is 16.6. The molecule has 0 spiro atoms. The third-order valence-electron chi connectivity index (χ3n) is 5.41. The minimum atomic E-state index is -0.825. The van der Waals surface area contributed by atoms with Crippen molar-refractivity contribution in [3.63, 3.8) is 0 Å². The third kappa shape index (κ3) is 7.08. The molecule has 0 atom stereocenters. The number of hydrogen-bond donors (Lipinski definition) is 2. The largest absolute Gasteiger partial charge is 0.493 e. The molecule has 3 aromatic rings. The Morgan fingerprint density at radius 1 is 0.714 bits per heavy atom. The van der Waals surface area contributed by atoms with Crippen molar-refractivity contribution in [3.8, 4) is 23.0 Å². The summed E-state index contributed by atoms with van der Waals surface area (Å²) in [6.45, 7) is 0. The maximum absolute atomic E-state index is 12.6. The van der Waals surface area contributed by atoms with Gasteiger partial charge in [-0.05, 0) is 24.3 Å². The number of hydrogen-bond acceptors (Lipinski definition) is 13. The molecule has 0 fully saturated rings. The van der Waals surface area contributed by atoms with E-state index in [0.717, 1.165) is 24.6 Å². The van der Waals surface area contributed by atoms with Gasteiger partial charge in [-0.1, -0.05) is 6.07 Å². The standard InChI is InChI=1S/C25H23N7O10/c1-39-20-8-14(18(31(35)36)10-22(20)41-3)12-26-29-24(33)16-6-5-7-17(28-16)25(34)30-27-13-15-9-21(40-2)23(42-4)11-19(15)32(37)38/h5-13H,1-4H3,(H,29,33)(H,30,34). The lowest BCUT2D eigenvalue weighted by atomic mass is 10.1. The van der Waals surface area contributed by atoms with Gasteiger partial charge in [0.25, 0.3) is 23.2 Å². The zero-order valence-corrected chi connectivity index (χ0v) is 22.5. The number of amides is 2. The van der Waals surface area contributed by atoms with E-state index < -0.39 is 21.7 Å². The van der Waals surface area contributed by atoms with Gasteiger partial charge in [-0.3, -0.25) is 29.8 Å². The van der Waals surface area contributed by atoms with Crippen LogP contribution < -0.4 is 29.8 Å². The number of benzene rings is 2. The van der Waals surface area contributed by atoms with Crippen LogP contribution in [-0.2, 0) is 0 Å². The number of ether oxygens (including phenoxy) is 4. The molecule has 1 aromatic heterocycles. The van der Waals surface area contributed by atoms with Crippen molar-refractivity contribution >= 4 is 35.6 Å². The van der Waals surface area contributed by atoms with E-state index in [4.69, 9.17) is 18.9 Å². The van der Waals surface area contributed by atoms with Crippen LogP contribution in [0.3, 0.4) is 0 Å². The first-order valence-corrected chi connectivity index (χ1v) is 11.6. The molecule has 0 aliphatic heterocycles. The molecule has 0 bridgehead atoms. The van der Waals surface area contributed by atoms with E-state index in [-0.39, 0.29) is 56.9 Å². The summed E-state index contributed by atoms with van der Waals surface area (Å²) in [7, 11) is 5.36. The van der Waals surface area contributed by atoms with Crippen LogP contribution in [-0.4, -0.2) is 67.5 Å². The SMILES string of the molecule is COc1cc(C=NNC(=O)c2cccc(C(=O)NN=Cc3cc(OC)c(OC)cc3[N+](=O)[O-])n2)c([N+](=O)[O-])cc1OC. The molecular formula is C25H23N7O10. The first kappa shape index (κ1) is 30.4. The van der Waals surface area contributed by atoms with Crippen molar-refractivity contribution < 1.29 is 38.4 Å². The number of rotatable bonds is 12. The second-order valence-electron chi connectivity index (χ2n) is 7.85. The zero-order chi connectivity index (χ0) is 30.8. The lowest BCUT2D eigenvalue weighted by molar-refractivity contribution is -0.385. The van der Waals surface area contributed by atoms with Crippen molar-refractivity contribution in [1.29, 1.82) is 0 Å². The fourth-order valence-electron chi connectivity index (χ4n) is 3.41. The van der Waals surface area contributed by atoms with E-state index >= 15 is 0 Å². The summed E-state index contributed by atoms with van der Waals surface area (Å²) in [5.74, 6) is -0.965. The minimum Gasteiger partial charge on any atom is -0.493 e. The number of pyridine rings is 1. The molecular weight excluding hydrogens is 558 g/mol. The van der Waals surface area contributed by atoms with Gasteiger partial charge in [-0.2, -0.15) is 10.2 Å². The lowest BCUT2D eigenvalue weighted by Gasteiger charge is -2.08. The van der Waals surface area contributed by atoms with Crippen molar-refractivity contribution in [2.45, 2.75) is 0 Å². The normalized spacial score (nSPS) is 10.8. The predicted molar refractivity (Wildman–Crippen MR) is 147 cm³/mol. The van der Waals surface area contributed by atoms with Crippen LogP contribution in [0.4, 0.5) is 11.4 Å². The summed E-state index contributed by atoms with van der Waals surface area (Å²) in [6, 6.07) is 8.91. The highest BCUT2D eigenvalue weighted by Crippen LogP contribution is 2.34. The Morgan fingerprint density at radius 3 is 1.40 bits per heavy atom. The molecule has 0 aliphatic carbocycles. The molecule has 0 radical (unpaired) electrons. The van der Waals surface area contributed by atoms with Gasteiger partial charge in [0.05, 0.1) is 74.0 Å². The summed E-state index contributed by atoms with van der Waals surface area (Å²) in [6.07, 6.45) is 2.08. The van der Waals surface area contributed by atoms with Gasteiger partial charge >= 0.3 is 0 Å². The van der Waals surface area contributed by atoms with Gasteiger partial charge in [0.1, 0.15) is 11.4 Å². The number of carbonyl (C=O) groups is 2. The molecule has 17 nitrogen and oxygen atoms in total. The number of methoxy groups -OCH3 is 4. The summed E-state index contributed by atoms with van der Waals surface area (Å²) < 4.78 is 20.4. The molecule has 218 valence electrons. The molecule has 0 saturated heterocycles. The quantitative estimate of drug-likeness (QED) is 0.180. The Bertz CT molecular complexity index is 1480. The van der Waals surface area contributed by atoms with Gasteiger partial charge in [0, 0.05) is 0 Å². The van der Waals surface area contributed by atoms with E-state index in [1.54, 1.807) is 0 Å². The average molecular weight is 581 g/mol. The molecule has 17 heteroatoms. The van der Waals surface area contributed by atoms with Crippen molar-refractivity contribution in [2.75, 3.05) is 28.4 Å². The Morgan fingerprint density at radius 2 is 1.07 bits per heavy atom. The molecule has 2 N–H and O–H groups in total. The summed E-state index contributed by atoms with van der Waals surface area (Å²) >= 11 is 0. The van der Waals surface area contributed by atoms with Crippen LogP contribution in [0, 0.1) is 20.2 Å². The molecule has 0 saturated carbocycles.